The normalized spacial score (nSPS) is 10.0. The first-order chi connectivity index (χ1) is 5.81. The van der Waals surface area contributed by atoms with Crippen molar-refractivity contribution < 1.29 is 0 Å². The molecule has 0 aliphatic heterocycles. The zero-order chi connectivity index (χ0) is 8.55. The van der Waals surface area contributed by atoms with E-state index in [4.69, 9.17) is 0 Å². The molecule has 0 N–H and O–H groups in total. The van der Waals surface area contributed by atoms with Crippen LogP contribution in [0.25, 0.3) is 5.65 Å². The summed E-state index contributed by atoms with van der Waals surface area (Å²) in [6.45, 7) is 2.08. The number of pyridine rings is 1. The highest BCUT2D eigenvalue weighted by molar-refractivity contribution is 9.08. The van der Waals surface area contributed by atoms with Gasteiger partial charge < -0.3 is 4.40 Å². The summed E-state index contributed by atoms with van der Waals surface area (Å²) in [5.41, 5.74) is 3.31. The van der Waals surface area contributed by atoms with E-state index in [0.717, 1.165) is 16.7 Å². The van der Waals surface area contributed by atoms with E-state index in [1.165, 1.54) is 5.69 Å². The average Bonchev–Trinajstić information content (AvgIpc) is 2.49. The fourth-order valence-electron chi connectivity index (χ4n) is 1.26. The second-order valence-electron chi connectivity index (χ2n) is 2.76. The number of aryl methyl sites for hydroxylation is 1. The van der Waals surface area contributed by atoms with E-state index >= 15 is 0 Å². The van der Waals surface area contributed by atoms with Crippen molar-refractivity contribution in [2.45, 2.75) is 12.3 Å². The molecule has 0 amide bonds. The first-order valence-electron chi connectivity index (χ1n) is 3.81. The molecule has 0 saturated carbocycles. The van der Waals surface area contributed by atoms with Crippen LogP contribution < -0.4 is 0 Å². The molecule has 2 heterocycles. The molecule has 0 aromatic carbocycles. The van der Waals surface area contributed by atoms with E-state index in [1.807, 2.05) is 12.1 Å². The van der Waals surface area contributed by atoms with Crippen molar-refractivity contribution in [2.24, 2.45) is 0 Å². The van der Waals surface area contributed by atoms with Crippen LogP contribution in [-0.4, -0.2) is 9.38 Å². The maximum absolute atomic E-state index is 4.41. The number of nitrogens with zero attached hydrogens (tertiary/aromatic N) is 2. The highest BCUT2D eigenvalue weighted by Gasteiger charge is 1.99. The number of rotatable bonds is 1. The van der Waals surface area contributed by atoms with Gasteiger partial charge in [0.2, 0.25) is 0 Å². The molecular weight excluding hydrogens is 296 g/mol. The van der Waals surface area contributed by atoms with Gasteiger partial charge in [-0.15, -0.1) is 17.0 Å². The Balaban J connectivity index is 0.000000845. The molecule has 13 heavy (non-hydrogen) atoms. The van der Waals surface area contributed by atoms with Gasteiger partial charge in [-0.3, -0.25) is 0 Å². The van der Waals surface area contributed by atoms with Gasteiger partial charge in [0.05, 0.1) is 5.69 Å². The zero-order valence-corrected chi connectivity index (χ0v) is 10.5. The van der Waals surface area contributed by atoms with Crippen LogP contribution in [0, 0.1) is 6.92 Å². The monoisotopic (exact) mass is 304 g/mol. The van der Waals surface area contributed by atoms with Crippen molar-refractivity contribution in [1.29, 1.82) is 0 Å². The lowest BCUT2D eigenvalue weighted by atomic mass is 10.4. The van der Waals surface area contributed by atoms with E-state index in [1.54, 1.807) is 0 Å². The molecule has 70 valence electrons. The van der Waals surface area contributed by atoms with Crippen LogP contribution in [-0.2, 0) is 5.33 Å². The molecule has 0 aliphatic rings. The molecule has 2 aromatic rings. The maximum atomic E-state index is 4.41. The number of hydrogen-bond donors (Lipinski definition) is 0. The standard InChI is InChI=1S/C9H9BrN2.BrH/c1-7-3-2-4-9-11-8(5-10)6-12(7)9;/h2-4,6H,5H2,1H3;1H. The Morgan fingerprint density at radius 3 is 2.85 bits per heavy atom. The van der Waals surface area contributed by atoms with Crippen molar-refractivity contribution in [3.05, 3.63) is 35.8 Å². The molecule has 0 radical (unpaired) electrons. The van der Waals surface area contributed by atoms with Crippen molar-refractivity contribution in [1.82, 2.24) is 9.38 Å². The predicted molar refractivity (Wildman–Crippen MR) is 62.9 cm³/mol. The molecule has 2 nitrogen and oxygen atoms in total. The number of alkyl halides is 1. The Kier molecular flexibility index (Phi) is 3.50. The summed E-state index contributed by atoms with van der Waals surface area (Å²) in [4.78, 5) is 4.41. The van der Waals surface area contributed by atoms with Gasteiger partial charge in [0.1, 0.15) is 5.65 Å². The topological polar surface area (TPSA) is 17.3 Å². The lowest BCUT2D eigenvalue weighted by Gasteiger charge is -1.95. The first-order valence-corrected chi connectivity index (χ1v) is 4.93. The fourth-order valence-corrected chi connectivity index (χ4v) is 1.53. The average molecular weight is 306 g/mol. The fraction of sp³-hybridized carbons (Fsp3) is 0.222. The van der Waals surface area contributed by atoms with Gasteiger partial charge >= 0.3 is 0 Å². The number of halogens is 2. The van der Waals surface area contributed by atoms with Gasteiger partial charge in [0.15, 0.2) is 0 Å². The lowest BCUT2D eigenvalue weighted by Crippen LogP contribution is -1.86. The minimum absolute atomic E-state index is 0. The maximum Gasteiger partial charge on any atom is 0.137 e. The molecular formula is C9H10Br2N2. The van der Waals surface area contributed by atoms with Gasteiger partial charge in [-0.25, -0.2) is 4.98 Å². The molecule has 2 rings (SSSR count). The van der Waals surface area contributed by atoms with Crippen molar-refractivity contribution >= 4 is 38.6 Å². The van der Waals surface area contributed by atoms with E-state index in [9.17, 15) is 0 Å². The minimum Gasteiger partial charge on any atom is -0.304 e. The minimum atomic E-state index is 0. The van der Waals surface area contributed by atoms with E-state index in [2.05, 4.69) is 44.5 Å². The van der Waals surface area contributed by atoms with Crippen LogP contribution in [0.15, 0.2) is 24.4 Å². The molecule has 0 bridgehead atoms. The number of hydrogen-bond acceptors (Lipinski definition) is 1. The zero-order valence-electron chi connectivity index (χ0n) is 7.20. The number of fused-ring (bicyclic) bond motifs is 1. The molecule has 0 atom stereocenters. The highest BCUT2D eigenvalue weighted by atomic mass is 79.9. The summed E-state index contributed by atoms with van der Waals surface area (Å²) in [5.74, 6) is 0. The van der Waals surface area contributed by atoms with E-state index < -0.39 is 0 Å². The highest BCUT2D eigenvalue weighted by Crippen LogP contribution is 2.10. The smallest absolute Gasteiger partial charge is 0.137 e. The Labute approximate surface area is 95.9 Å². The second kappa shape index (κ2) is 4.24. The third kappa shape index (κ3) is 1.94. The molecule has 0 spiro atoms. The predicted octanol–water partition coefficient (Wildman–Crippen LogP) is 3.12. The largest absolute Gasteiger partial charge is 0.304 e. The van der Waals surface area contributed by atoms with Crippen LogP contribution in [0.1, 0.15) is 11.4 Å². The van der Waals surface area contributed by atoms with Crippen LogP contribution in [0.2, 0.25) is 0 Å². The van der Waals surface area contributed by atoms with Crippen LogP contribution in [0.5, 0.6) is 0 Å². The van der Waals surface area contributed by atoms with Gasteiger partial charge in [0, 0.05) is 17.2 Å². The number of aromatic nitrogens is 2. The molecule has 0 unspecified atom stereocenters. The molecule has 2 aromatic heterocycles. The molecule has 0 fully saturated rings. The Hall–Kier alpha value is -0.350. The summed E-state index contributed by atoms with van der Waals surface area (Å²) < 4.78 is 2.09. The second-order valence-corrected chi connectivity index (χ2v) is 3.32. The Morgan fingerprint density at radius 1 is 1.46 bits per heavy atom. The first kappa shape index (κ1) is 10.7. The molecule has 0 aliphatic carbocycles. The van der Waals surface area contributed by atoms with Gasteiger partial charge in [-0.2, -0.15) is 0 Å². The molecule has 0 saturated heterocycles. The number of imidazole rings is 1. The summed E-state index contributed by atoms with van der Waals surface area (Å²) >= 11 is 3.38. The Bertz CT molecular complexity index is 409. The van der Waals surface area contributed by atoms with E-state index in [-0.39, 0.29) is 17.0 Å². The van der Waals surface area contributed by atoms with Crippen molar-refractivity contribution in [3.63, 3.8) is 0 Å². The summed E-state index contributed by atoms with van der Waals surface area (Å²) in [5, 5.41) is 0.814. The van der Waals surface area contributed by atoms with Gasteiger partial charge in [-0.1, -0.05) is 22.0 Å². The van der Waals surface area contributed by atoms with Crippen molar-refractivity contribution in [3.8, 4) is 0 Å². The Morgan fingerprint density at radius 2 is 2.23 bits per heavy atom. The van der Waals surface area contributed by atoms with Gasteiger partial charge in [0.25, 0.3) is 0 Å². The third-order valence-electron chi connectivity index (χ3n) is 1.88. The van der Waals surface area contributed by atoms with E-state index in [0.29, 0.717) is 0 Å². The SMILES string of the molecule is Br.Cc1cccc2nc(CBr)cn12. The van der Waals surface area contributed by atoms with Crippen LogP contribution >= 0.6 is 32.9 Å². The molecule has 4 heteroatoms. The third-order valence-corrected chi connectivity index (χ3v) is 2.46. The summed E-state index contributed by atoms with van der Waals surface area (Å²) in [6.07, 6.45) is 2.05. The van der Waals surface area contributed by atoms with Crippen molar-refractivity contribution in [2.75, 3.05) is 0 Å². The quantitative estimate of drug-likeness (QED) is 0.740. The summed E-state index contributed by atoms with van der Waals surface area (Å²) in [7, 11) is 0. The summed E-state index contributed by atoms with van der Waals surface area (Å²) in [6, 6.07) is 6.11. The van der Waals surface area contributed by atoms with Gasteiger partial charge in [-0.05, 0) is 19.1 Å². The van der Waals surface area contributed by atoms with Crippen LogP contribution in [0.4, 0.5) is 0 Å². The van der Waals surface area contributed by atoms with Crippen LogP contribution in [0.3, 0.4) is 0 Å². The lowest BCUT2D eigenvalue weighted by molar-refractivity contribution is 1.09.